The lowest BCUT2D eigenvalue weighted by Gasteiger charge is -2.24. The molecular formula is C21H21N5O. The van der Waals surface area contributed by atoms with Crippen molar-refractivity contribution >= 4 is 22.9 Å². The van der Waals surface area contributed by atoms with Crippen LogP contribution in [0.4, 0.5) is 5.95 Å². The Morgan fingerprint density at radius 1 is 1.04 bits per heavy atom. The second-order valence-electron chi connectivity index (χ2n) is 7.42. The van der Waals surface area contributed by atoms with Crippen LogP contribution in [0, 0.1) is 0 Å². The number of benzene rings is 2. The summed E-state index contributed by atoms with van der Waals surface area (Å²) in [6.07, 6.45) is 0. The van der Waals surface area contributed by atoms with Gasteiger partial charge in [-0.15, -0.1) is 0 Å². The maximum Gasteiger partial charge on any atom is 0.275 e. The van der Waals surface area contributed by atoms with Crippen molar-refractivity contribution in [3.63, 3.8) is 0 Å². The highest BCUT2D eigenvalue weighted by molar-refractivity contribution is 6.03. The molecule has 0 radical (unpaired) electrons. The first-order chi connectivity index (χ1) is 12.9. The number of H-pyrrole nitrogens is 1. The Morgan fingerprint density at radius 2 is 1.74 bits per heavy atom. The minimum atomic E-state index is -0.273. The number of nitrogens with one attached hydrogen (secondary N) is 2. The van der Waals surface area contributed by atoms with Gasteiger partial charge in [-0.1, -0.05) is 42.5 Å². The largest absolute Gasteiger partial charge is 0.305 e. The molecule has 2 aromatic carbocycles. The summed E-state index contributed by atoms with van der Waals surface area (Å²) in [5, 5.41) is 10.00. The molecule has 0 bridgehead atoms. The van der Waals surface area contributed by atoms with Crippen molar-refractivity contribution < 1.29 is 4.79 Å². The van der Waals surface area contributed by atoms with Crippen molar-refractivity contribution in [2.45, 2.75) is 26.3 Å². The van der Waals surface area contributed by atoms with Crippen molar-refractivity contribution in [1.82, 2.24) is 19.7 Å². The van der Waals surface area contributed by atoms with Crippen LogP contribution in [-0.4, -0.2) is 25.7 Å². The maximum absolute atomic E-state index is 12.8. The van der Waals surface area contributed by atoms with Crippen molar-refractivity contribution in [2.24, 2.45) is 0 Å². The van der Waals surface area contributed by atoms with Gasteiger partial charge in [-0.05, 0) is 39.0 Å². The fourth-order valence-corrected chi connectivity index (χ4v) is 3.15. The van der Waals surface area contributed by atoms with Gasteiger partial charge in [0.25, 0.3) is 5.91 Å². The summed E-state index contributed by atoms with van der Waals surface area (Å²) < 4.78 is 2.04. The molecular weight excluding hydrogens is 338 g/mol. The van der Waals surface area contributed by atoms with Crippen LogP contribution in [0.5, 0.6) is 0 Å². The van der Waals surface area contributed by atoms with Crippen molar-refractivity contribution in [1.29, 1.82) is 0 Å². The number of para-hydroxylation sites is 2. The Bertz CT molecular complexity index is 1100. The number of imidazole rings is 1. The Kier molecular flexibility index (Phi) is 4.03. The first kappa shape index (κ1) is 17.0. The van der Waals surface area contributed by atoms with Gasteiger partial charge < -0.3 is 4.57 Å². The lowest BCUT2D eigenvalue weighted by atomic mass is 10.1. The first-order valence-electron chi connectivity index (χ1n) is 8.83. The lowest BCUT2D eigenvalue weighted by molar-refractivity contribution is 0.102. The monoisotopic (exact) mass is 359 g/mol. The second-order valence-corrected chi connectivity index (χ2v) is 7.42. The van der Waals surface area contributed by atoms with Crippen LogP contribution in [0.3, 0.4) is 0 Å². The normalized spacial score (nSPS) is 11.7. The second kappa shape index (κ2) is 6.39. The van der Waals surface area contributed by atoms with Crippen LogP contribution >= 0.6 is 0 Å². The number of carbonyl (C=O) groups is 1. The van der Waals surface area contributed by atoms with E-state index >= 15 is 0 Å². The van der Waals surface area contributed by atoms with Crippen LogP contribution in [0.2, 0.25) is 0 Å². The summed E-state index contributed by atoms with van der Waals surface area (Å²) in [6, 6.07) is 19.3. The fourth-order valence-electron chi connectivity index (χ4n) is 3.15. The van der Waals surface area contributed by atoms with Gasteiger partial charge in [0.05, 0.1) is 16.7 Å². The maximum atomic E-state index is 12.8. The van der Waals surface area contributed by atoms with E-state index in [1.807, 2.05) is 59.2 Å². The average molecular weight is 359 g/mol. The topological polar surface area (TPSA) is 75.6 Å². The molecule has 0 fully saturated rings. The Balaban J connectivity index is 1.67. The lowest BCUT2D eigenvalue weighted by Crippen LogP contribution is -2.26. The molecule has 0 unspecified atom stereocenters. The van der Waals surface area contributed by atoms with Gasteiger partial charge in [-0.25, -0.2) is 4.98 Å². The molecule has 6 nitrogen and oxygen atoms in total. The molecule has 4 rings (SSSR count). The third-order valence-electron chi connectivity index (χ3n) is 4.35. The van der Waals surface area contributed by atoms with Crippen LogP contribution in [-0.2, 0) is 5.54 Å². The summed E-state index contributed by atoms with van der Waals surface area (Å²) in [4.78, 5) is 17.4. The molecule has 2 aromatic heterocycles. The zero-order valence-corrected chi connectivity index (χ0v) is 15.5. The molecule has 0 aliphatic rings. The molecule has 0 saturated carbocycles. The third-order valence-corrected chi connectivity index (χ3v) is 4.35. The molecule has 27 heavy (non-hydrogen) atoms. The van der Waals surface area contributed by atoms with E-state index in [0.29, 0.717) is 11.6 Å². The fraction of sp³-hybridized carbons (Fsp3) is 0.190. The van der Waals surface area contributed by atoms with Gasteiger partial charge in [0.2, 0.25) is 5.95 Å². The van der Waals surface area contributed by atoms with Gasteiger partial charge in [0, 0.05) is 11.1 Å². The summed E-state index contributed by atoms with van der Waals surface area (Å²) >= 11 is 0. The zero-order chi connectivity index (χ0) is 19.0. The van der Waals surface area contributed by atoms with Crippen LogP contribution in [0.1, 0.15) is 31.3 Å². The molecule has 0 aliphatic heterocycles. The van der Waals surface area contributed by atoms with Crippen molar-refractivity contribution in [3.8, 4) is 11.3 Å². The van der Waals surface area contributed by atoms with Gasteiger partial charge in [0.15, 0.2) is 0 Å². The number of rotatable bonds is 3. The molecule has 4 aromatic rings. The van der Waals surface area contributed by atoms with Crippen LogP contribution in [0.15, 0.2) is 60.7 Å². The van der Waals surface area contributed by atoms with Gasteiger partial charge in [-0.3, -0.25) is 15.2 Å². The van der Waals surface area contributed by atoms with E-state index in [-0.39, 0.29) is 11.4 Å². The van der Waals surface area contributed by atoms with Gasteiger partial charge in [-0.2, -0.15) is 5.10 Å². The molecule has 0 atom stereocenters. The third kappa shape index (κ3) is 3.21. The minimum absolute atomic E-state index is 0.234. The highest BCUT2D eigenvalue weighted by Crippen LogP contribution is 2.28. The number of anilines is 1. The molecule has 136 valence electrons. The van der Waals surface area contributed by atoms with E-state index in [4.69, 9.17) is 0 Å². The number of aromatic nitrogens is 4. The molecule has 2 N–H and O–H groups in total. The SMILES string of the molecule is CC(C)(C)n1c(NC(=O)c2cc(-c3ccccc3)n[nH]2)nc2ccccc21. The minimum Gasteiger partial charge on any atom is -0.305 e. The van der Waals surface area contributed by atoms with Crippen molar-refractivity contribution in [2.75, 3.05) is 5.32 Å². The average Bonchev–Trinajstić information content (AvgIpc) is 3.26. The molecule has 0 saturated heterocycles. The molecule has 2 heterocycles. The highest BCUT2D eigenvalue weighted by atomic mass is 16.2. The predicted molar refractivity (Wildman–Crippen MR) is 107 cm³/mol. The molecule has 6 heteroatoms. The number of nitrogens with zero attached hydrogens (tertiary/aromatic N) is 3. The van der Waals surface area contributed by atoms with Crippen molar-refractivity contribution in [3.05, 3.63) is 66.4 Å². The summed E-state index contributed by atoms with van der Waals surface area (Å²) in [5.74, 6) is 0.245. The van der Waals surface area contributed by atoms with Crippen LogP contribution < -0.4 is 5.32 Å². The first-order valence-corrected chi connectivity index (χ1v) is 8.83. The molecule has 0 spiro atoms. The highest BCUT2D eigenvalue weighted by Gasteiger charge is 2.23. The number of hydrogen-bond donors (Lipinski definition) is 2. The summed E-state index contributed by atoms with van der Waals surface area (Å²) in [7, 11) is 0. The smallest absolute Gasteiger partial charge is 0.275 e. The van der Waals surface area contributed by atoms with Gasteiger partial charge >= 0.3 is 0 Å². The van der Waals surface area contributed by atoms with E-state index in [1.165, 1.54) is 0 Å². The predicted octanol–water partition coefficient (Wildman–Crippen LogP) is 4.43. The van der Waals surface area contributed by atoms with Gasteiger partial charge in [0.1, 0.15) is 5.69 Å². The van der Waals surface area contributed by atoms with E-state index in [2.05, 4.69) is 41.3 Å². The number of amides is 1. The van der Waals surface area contributed by atoms with E-state index < -0.39 is 0 Å². The number of hydrogen-bond acceptors (Lipinski definition) is 3. The Hall–Kier alpha value is -3.41. The Morgan fingerprint density at radius 3 is 2.48 bits per heavy atom. The number of aromatic amines is 1. The quantitative estimate of drug-likeness (QED) is 0.568. The number of fused-ring (bicyclic) bond motifs is 1. The van der Waals surface area contributed by atoms with E-state index in [9.17, 15) is 4.79 Å². The summed E-state index contributed by atoms with van der Waals surface area (Å²) in [5.41, 5.74) is 3.66. The Labute approximate surface area is 157 Å². The summed E-state index contributed by atoms with van der Waals surface area (Å²) in [6.45, 7) is 6.25. The number of carbonyl (C=O) groups excluding carboxylic acids is 1. The van der Waals surface area contributed by atoms with E-state index in [1.54, 1.807) is 6.07 Å². The van der Waals surface area contributed by atoms with E-state index in [0.717, 1.165) is 22.3 Å². The van der Waals surface area contributed by atoms with Crippen LogP contribution in [0.25, 0.3) is 22.3 Å². The molecule has 0 aliphatic carbocycles. The molecule has 1 amide bonds. The zero-order valence-electron chi connectivity index (χ0n) is 15.5. The standard InChI is InChI=1S/C21H21N5O/c1-21(2,3)26-18-12-8-7-11-15(18)22-20(26)23-19(27)17-13-16(24-25-17)14-9-5-4-6-10-14/h4-13H,1-3H3,(H,24,25)(H,22,23,27).